The van der Waals surface area contributed by atoms with E-state index in [1.165, 1.54) is 22.0 Å². The van der Waals surface area contributed by atoms with Crippen molar-refractivity contribution in [1.82, 2.24) is 9.62 Å². The summed E-state index contributed by atoms with van der Waals surface area (Å²) in [5, 5.41) is 2.97. The van der Waals surface area contributed by atoms with Crippen LogP contribution in [0.3, 0.4) is 0 Å². The van der Waals surface area contributed by atoms with Gasteiger partial charge < -0.3 is 10.1 Å². The van der Waals surface area contributed by atoms with Crippen molar-refractivity contribution in [2.45, 2.75) is 56.8 Å². The van der Waals surface area contributed by atoms with E-state index < -0.39 is 10.0 Å². The number of nitrogens with zero attached hydrogens (tertiary/aromatic N) is 1. The maximum absolute atomic E-state index is 13.1. The zero-order valence-electron chi connectivity index (χ0n) is 17.7. The molecule has 0 saturated carbocycles. The molecule has 1 heterocycles. The number of rotatable bonds is 7. The summed E-state index contributed by atoms with van der Waals surface area (Å²) >= 11 is 0. The van der Waals surface area contributed by atoms with Crippen molar-refractivity contribution < 1.29 is 17.9 Å². The predicted molar refractivity (Wildman–Crippen MR) is 117 cm³/mol. The SMILES string of the molecule is CC(CCc1ccccc1)NC(=O)c1cccc(S(=O)(=O)N2CC(C)OC(C)C2)c1. The molecule has 0 aliphatic carbocycles. The molecule has 2 aromatic rings. The van der Waals surface area contributed by atoms with Gasteiger partial charge in [0.25, 0.3) is 5.91 Å². The second kappa shape index (κ2) is 9.73. The Bertz CT molecular complexity index is 952. The van der Waals surface area contributed by atoms with E-state index in [1.54, 1.807) is 12.1 Å². The van der Waals surface area contributed by atoms with E-state index in [0.29, 0.717) is 18.7 Å². The third-order valence-corrected chi connectivity index (χ3v) is 7.03. The molecule has 0 aromatic heterocycles. The van der Waals surface area contributed by atoms with Crippen LogP contribution in [0.4, 0.5) is 0 Å². The first-order valence-corrected chi connectivity index (χ1v) is 11.8. The highest BCUT2D eigenvalue weighted by Gasteiger charge is 2.32. The van der Waals surface area contributed by atoms with Crippen molar-refractivity contribution >= 4 is 15.9 Å². The lowest BCUT2D eigenvalue weighted by Crippen LogP contribution is -2.48. The van der Waals surface area contributed by atoms with Crippen LogP contribution in [0.5, 0.6) is 0 Å². The number of morpholine rings is 1. The third kappa shape index (κ3) is 5.68. The van der Waals surface area contributed by atoms with Crippen molar-refractivity contribution in [3.8, 4) is 0 Å². The Morgan fingerprint density at radius 2 is 1.77 bits per heavy atom. The van der Waals surface area contributed by atoms with Gasteiger partial charge in [0.1, 0.15) is 0 Å². The number of benzene rings is 2. The quantitative estimate of drug-likeness (QED) is 0.732. The molecule has 2 aromatic carbocycles. The monoisotopic (exact) mass is 430 g/mol. The van der Waals surface area contributed by atoms with E-state index >= 15 is 0 Å². The minimum atomic E-state index is -3.69. The molecule has 30 heavy (non-hydrogen) atoms. The number of aryl methyl sites for hydroxylation is 1. The van der Waals surface area contributed by atoms with Crippen molar-refractivity contribution in [2.75, 3.05) is 13.1 Å². The Labute approximate surface area is 179 Å². The number of hydrogen-bond donors (Lipinski definition) is 1. The van der Waals surface area contributed by atoms with E-state index in [1.807, 2.05) is 39.0 Å². The molecule has 3 rings (SSSR count). The molecule has 1 N–H and O–H groups in total. The standard InChI is InChI=1S/C23H30N2O4S/c1-17(12-13-20-8-5-4-6-9-20)24-23(26)21-10-7-11-22(14-21)30(27,28)25-15-18(2)29-19(3)16-25/h4-11,14,17-19H,12-13,15-16H2,1-3H3,(H,24,26). The fourth-order valence-corrected chi connectivity index (χ4v) is 5.32. The molecule has 1 amide bonds. The summed E-state index contributed by atoms with van der Waals surface area (Å²) in [5.41, 5.74) is 1.57. The van der Waals surface area contributed by atoms with Gasteiger partial charge in [-0.25, -0.2) is 8.42 Å². The van der Waals surface area contributed by atoms with Gasteiger partial charge in [0.15, 0.2) is 0 Å². The molecular formula is C23H30N2O4S. The van der Waals surface area contributed by atoms with Crippen LogP contribution in [0.2, 0.25) is 0 Å². The van der Waals surface area contributed by atoms with Crippen LogP contribution in [0.15, 0.2) is 59.5 Å². The van der Waals surface area contributed by atoms with E-state index in [0.717, 1.165) is 12.8 Å². The molecular weight excluding hydrogens is 400 g/mol. The topological polar surface area (TPSA) is 75.7 Å². The molecule has 0 spiro atoms. The normalized spacial score (nSPS) is 21.2. The van der Waals surface area contributed by atoms with E-state index in [2.05, 4.69) is 17.4 Å². The zero-order valence-corrected chi connectivity index (χ0v) is 18.6. The summed E-state index contributed by atoms with van der Waals surface area (Å²) in [4.78, 5) is 12.8. The van der Waals surface area contributed by atoms with E-state index in [4.69, 9.17) is 4.74 Å². The zero-order chi connectivity index (χ0) is 21.7. The average molecular weight is 431 g/mol. The Morgan fingerprint density at radius 1 is 1.10 bits per heavy atom. The summed E-state index contributed by atoms with van der Waals surface area (Å²) < 4.78 is 33.2. The fraction of sp³-hybridized carbons (Fsp3) is 0.435. The molecule has 1 fully saturated rings. The smallest absolute Gasteiger partial charge is 0.251 e. The fourth-order valence-electron chi connectivity index (χ4n) is 3.68. The van der Waals surface area contributed by atoms with Gasteiger partial charge >= 0.3 is 0 Å². The molecule has 1 aliphatic heterocycles. The lowest BCUT2D eigenvalue weighted by atomic mass is 10.1. The van der Waals surface area contributed by atoms with Gasteiger partial charge in [-0.15, -0.1) is 0 Å². The van der Waals surface area contributed by atoms with Crippen molar-refractivity contribution in [1.29, 1.82) is 0 Å². The van der Waals surface area contributed by atoms with Gasteiger partial charge in [0.05, 0.1) is 17.1 Å². The van der Waals surface area contributed by atoms with Crippen molar-refractivity contribution in [2.24, 2.45) is 0 Å². The molecule has 7 heteroatoms. The van der Waals surface area contributed by atoms with Crippen LogP contribution in [0.1, 0.15) is 43.1 Å². The molecule has 1 aliphatic rings. The number of sulfonamides is 1. The molecule has 3 unspecified atom stereocenters. The van der Waals surface area contributed by atoms with Gasteiger partial charge in [-0.2, -0.15) is 4.31 Å². The minimum Gasteiger partial charge on any atom is -0.373 e. The lowest BCUT2D eigenvalue weighted by Gasteiger charge is -2.34. The van der Waals surface area contributed by atoms with E-state index in [9.17, 15) is 13.2 Å². The van der Waals surface area contributed by atoms with Gasteiger partial charge in [0, 0.05) is 24.7 Å². The van der Waals surface area contributed by atoms with Crippen LogP contribution in [0.25, 0.3) is 0 Å². The first-order chi connectivity index (χ1) is 14.3. The first kappa shape index (κ1) is 22.5. The van der Waals surface area contributed by atoms with Crippen molar-refractivity contribution in [3.05, 3.63) is 65.7 Å². The van der Waals surface area contributed by atoms with Crippen LogP contribution in [-0.2, 0) is 21.2 Å². The number of hydrogen-bond acceptors (Lipinski definition) is 4. The molecule has 3 atom stereocenters. The molecule has 162 valence electrons. The molecule has 0 bridgehead atoms. The van der Waals surface area contributed by atoms with E-state index in [-0.39, 0.29) is 29.1 Å². The van der Waals surface area contributed by atoms with Crippen LogP contribution < -0.4 is 5.32 Å². The maximum atomic E-state index is 13.1. The summed E-state index contributed by atoms with van der Waals surface area (Å²) in [6.45, 7) is 6.29. The van der Waals surface area contributed by atoms with Gasteiger partial charge in [-0.1, -0.05) is 36.4 Å². The Balaban J connectivity index is 1.66. The summed E-state index contributed by atoms with van der Waals surface area (Å²) in [6, 6.07) is 16.3. The van der Waals surface area contributed by atoms with Gasteiger partial charge in [-0.3, -0.25) is 4.79 Å². The van der Waals surface area contributed by atoms with Gasteiger partial charge in [-0.05, 0) is 57.4 Å². The van der Waals surface area contributed by atoms with Crippen LogP contribution in [0, 0.1) is 0 Å². The number of nitrogens with one attached hydrogen (secondary N) is 1. The number of ether oxygens (including phenoxy) is 1. The summed E-state index contributed by atoms with van der Waals surface area (Å²) in [5.74, 6) is -0.267. The third-order valence-electron chi connectivity index (χ3n) is 5.21. The predicted octanol–water partition coefficient (Wildman–Crippen LogP) is 3.24. The molecule has 1 saturated heterocycles. The second-order valence-corrected chi connectivity index (χ2v) is 9.94. The summed E-state index contributed by atoms with van der Waals surface area (Å²) in [7, 11) is -3.69. The Kier molecular flexibility index (Phi) is 7.28. The largest absolute Gasteiger partial charge is 0.373 e. The minimum absolute atomic E-state index is 0.0288. The highest BCUT2D eigenvalue weighted by atomic mass is 32.2. The highest BCUT2D eigenvalue weighted by molar-refractivity contribution is 7.89. The Morgan fingerprint density at radius 3 is 2.43 bits per heavy atom. The molecule has 6 nitrogen and oxygen atoms in total. The first-order valence-electron chi connectivity index (χ1n) is 10.4. The highest BCUT2D eigenvalue weighted by Crippen LogP contribution is 2.22. The number of carbonyl (C=O) groups excluding carboxylic acids is 1. The maximum Gasteiger partial charge on any atom is 0.251 e. The van der Waals surface area contributed by atoms with Crippen LogP contribution in [-0.4, -0.2) is 50.0 Å². The lowest BCUT2D eigenvalue weighted by molar-refractivity contribution is -0.0440. The Hall–Kier alpha value is -2.22. The second-order valence-electron chi connectivity index (χ2n) is 8.01. The van der Waals surface area contributed by atoms with Crippen LogP contribution >= 0.6 is 0 Å². The van der Waals surface area contributed by atoms with Crippen molar-refractivity contribution in [3.63, 3.8) is 0 Å². The number of amides is 1. The van der Waals surface area contributed by atoms with Gasteiger partial charge in [0.2, 0.25) is 10.0 Å². The molecule has 0 radical (unpaired) electrons. The summed E-state index contributed by atoms with van der Waals surface area (Å²) in [6.07, 6.45) is 1.34. The average Bonchev–Trinajstić information content (AvgIpc) is 2.72. The number of carbonyl (C=O) groups is 1.